The number of halogens is 1. The lowest BCUT2D eigenvalue weighted by atomic mass is 10.1. The van der Waals surface area contributed by atoms with Crippen LogP contribution in [0.3, 0.4) is 0 Å². The summed E-state index contributed by atoms with van der Waals surface area (Å²) in [6.45, 7) is 1.89. The predicted octanol–water partition coefficient (Wildman–Crippen LogP) is 4.76. The highest BCUT2D eigenvalue weighted by Gasteiger charge is 2.11. The average Bonchev–Trinajstić information content (AvgIpc) is 2.79. The molecule has 0 heterocycles. The molecule has 5 nitrogen and oxygen atoms in total. The summed E-state index contributed by atoms with van der Waals surface area (Å²) in [7, 11) is 0. The van der Waals surface area contributed by atoms with Crippen LogP contribution in [0.15, 0.2) is 72.8 Å². The van der Waals surface area contributed by atoms with Gasteiger partial charge in [0.25, 0.3) is 5.91 Å². The molecule has 0 fully saturated rings. The van der Waals surface area contributed by atoms with Crippen molar-refractivity contribution in [2.75, 3.05) is 5.32 Å². The molecule has 0 spiro atoms. The first-order valence-corrected chi connectivity index (χ1v) is 9.90. The van der Waals surface area contributed by atoms with Gasteiger partial charge in [-0.05, 0) is 73.0 Å². The van der Waals surface area contributed by atoms with E-state index in [0.717, 1.165) is 11.1 Å². The molecule has 31 heavy (non-hydrogen) atoms. The quantitative estimate of drug-likeness (QED) is 0.584. The maximum Gasteiger partial charge on any atom is 0.255 e. The van der Waals surface area contributed by atoms with E-state index in [2.05, 4.69) is 16.7 Å². The van der Waals surface area contributed by atoms with Gasteiger partial charge in [-0.3, -0.25) is 9.59 Å². The lowest BCUT2D eigenvalue weighted by Crippen LogP contribution is -2.26. The zero-order valence-corrected chi connectivity index (χ0v) is 17.1. The summed E-state index contributed by atoms with van der Waals surface area (Å²) in [4.78, 5) is 24.5. The number of aryl methyl sites for hydroxylation is 1. The number of rotatable bonds is 7. The normalized spacial score (nSPS) is 11.3. The minimum atomic E-state index is -0.395. The molecular formula is C25H22FN3O2. The Morgan fingerprint density at radius 2 is 1.61 bits per heavy atom. The van der Waals surface area contributed by atoms with Crippen molar-refractivity contribution in [2.24, 2.45) is 0 Å². The fourth-order valence-electron chi connectivity index (χ4n) is 3.06. The van der Waals surface area contributed by atoms with E-state index in [-0.39, 0.29) is 17.9 Å². The van der Waals surface area contributed by atoms with Gasteiger partial charge in [-0.2, -0.15) is 5.26 Å². The summed E-state index contributed by atoms with van der Waals surface area (Å²) >= 11 is 0. The van der Waals surface area contributed by atoms with E-state index in [9.17, 15) is 14.0 Å². The molecule has 3 aromatic carbocycles. The van der Waals surface area contributed by atoms with Crippen LogP contribution in [0.5, 0.6) is 0 Å². The molecule has 3 rings (SSSR count). The molecule has 0 radical (unpaired) electrons. The topological polar surface area (TPSA) is 82.0 Å². The molecule has 2 amide bonds. The number of anilines is 1. The Kier molecular flexibility index (Phi) is 7.13. The van der Waals surface area contributed by atoms with Crippen molar-refractivity contribution in [3.63, 3.8) is 0 Å². The summed E-state index contributed by atoms with van der Waals surface area (Å²) in [6.07, 6.45) is 0.945. The molecule has 1 unspecified atom stereocenters. The smallest absolute Gasteiger partial charge is 0.255 e. The lowest BCUT2D eigenvalue weighted by molar-refractivity contribution is -0.121. The van der Waals surface area contributed by atoms with Crippen molar-refractivity contribution in [1.82, 2.24) is 5.32 Å². The SMILES string of the molecule is CC(NC(=O)CCc1ccc(C#N)cc1)c1ccc(NC(=O)c2ccc(F)cc2)cc1. The summed E-state index contributed by atoms with van der Waals surface area (Å²) in [6, 6.07) is 21.6. The van der Waals surface area contributed by atoms with Crippen LogP contribution < -0.4 is 10.6 Å². The molecule has 156 valence electrons. The first-order chi connectivity index (χ1) is 14.9. The van der Waals surface area contributed by atoms with Gasteiger partial charge in [0.15, 0.2) is 0 Å². The molecule has 0 bridgehead atoms. The number of hydrogen-bond donors (Lipinski definition) is 2. The molecule has 0 saturated heterocycles. The van der Waals surface area contributed by atoms with E-state index < -0.39 is 5.82 Å². The highest BCUT2D eigenvalue weighted by molar-refractivity contribution is 6.04. The van der Waals surface area contributed by atoms with Gasteiger partial charge in [0.05, 0.1) is 17.7 Å². The van der Waals surface area contributed by atoms with Crippen LogP contribution in [0, 0.1) is 17.1 Å². The third-order valence-electron chi connectivity index (χ3n) is 4.88. The standard InChI is InChI=1S/C25H22FN3O2/c1-17(28-24(30)15-6-18-2-4-19(16-27)5-3-18)20-9-13-23(14-10-20)29-25(31)21-7-11-22(26)12-8-21/h2-5,7-14,17H,6,15H2,1H3,(H,28,30)(H,29,31). The second-order valence-electron chi connectivity index (χ2n) is 7.18. The number of nitriles is 1. The third kappa shape index (κ3) is 6.25. The van der Waals surface area contributed by atoms with E-state index in [4.69, 9.17) is 5.26 Å². The fraction of sp³-hybridized carbons (Fsp3) is 0.160. The Morgan fingerprint density at radius 1 is 0.968 bits per heavy atom. The molecule has 0 aliphatic heterocycles. The summed E-state index contributed by atoms with van der Waals surface area (Å²) in [5.41, 5.74) is 3.49. The zero-order valence-electron chi connectivity index (χ0n) is 17.1. The highest BCUT2D eigenvalue weighted by atomic mass is 19.1. The molecule has 3 aromatic rings. The van der Waals surface area contributed by atoms with Crippen LogP contribution in [0.1, 0.15) is 46.4 Å². The molecule has 0 saturated carbocycles. The summed E-state index contributed by atoms with van der Waals surface area (Å²) in [5, 5.41) is 14.6. The van der Waals surface area contributed by atoms with E-state index in [0.29, 0.717) is 29.7 Å². The monoisotopic (exact) mass is 415 g/mol. The second kappa shape index (κ2) is 10.2. The molecular weight excluding hydrogens is 393 g/mol. The van der Waals surface area contributed by atoms with Crippen molar-refractivity contribution in [3.05, 3.63) is 101 Å². The van der Waals surface area contributed by atoms with Crippen molar-refractivity contribution in [2.45, 2.75) is 25.8 Å². The van der Waals surface area contributed by atoms with E-state index >= 15 is 0 Å². The molecule has 0 aliphatic rings. The van der Waals surface area contributed by atoms with Gasteiger partial charge in [-0.25, -0.2) is 4.39 Å². The van der Waals surface area contributed by atoms with Gasteiger partial charge in [0.2, 0.25) is 5.91 Å². The Bertz CT molecular complexity index is 1090. The van der Waals surface area contributed by atoms with Gasteiger partial charge in [0, 0.05) is 17.7 Å². The highest BCUT2D eigenvalue weighted by Crippen LogP contribution is 2.17. The number of carbonyl (C=O) groups is 2. The van der Waals surface area contributed by atoms with E-state index in [1.807, 2.05) is 31.2 Å². The van der Waals surface area contributed by atoms with Crippen molar-refractivity contribution in [3.8, 4) is 6.07 Å². The van der Waals surface area contributed by atoms with Crippen molar-refractivity contribution < 1.29 is 14.0 Å². The molecule has 0 aliphatic carbocycles. The number of hydrogen-bond acceptors (Lipinski definition) is 3. The van der Waals surface area contributed by atoms with Gasteiger partial charge >= 0.3 is 0 Å². The van der Waals surface area contributed by atoms with Gasteiger partial charge in [-0.1, -0.05) is 24.3 Å². The van der Waals surface area contributed by atoms with Crippen LogP contribution in [-0.4, -0.2) is 11.8 Å². The zero-order chi connectivity index (χ0) is 22.2. The van der Waals surface area contributed by atoms with E-state index in [1.165, 1.54) is 24.3 Å². The average molecular weight is 415 g/mol. The summed E-state index contributed by atoms with van der Waals surface area (Å²) in [5.74, 6) is -0.781. The number of benzene rings is 3. The lowest BCUT2D eigenvalue weighted by Gasteiger charge is -2.15. The molecule has 6 heteroatoms. The molecule has 1 atom stereocenters. The van der Waals surface area contributed by atoms with Crippen LogP contribution in [0.4, 0.5) is 10.1 Å². The Morgan fingerprint density at radius 3 is 2.23 bits per heavy atom. The molecule has 2 N–H and O–H groups in total. The maximum absolute atomic E-state index is 13.0. The van der Waals surface area contributed by atoms with Gasteiger partial charge in [-0.15, -0.1) is 0 Å². The largest absolute Gasteiger partial charge is 0.350 e. The Balaban J connectivity index is 1.50. The minimum Gasteiger partial charge on any atom is -0.350 e. The van der Waals surface area contributed by atoms with Gasteiger partial charge < -0.3 is 10.6 Å². The van der Waals surface area contributed by atoms with Crippen molar-refractivity contribution >= 4 is 17.5 Å². The summed E-state index contributed by atoms with van der Waals surface area (Å²) < 4.78 is 13.0. The first kappa shape index (κ1) is 21.7. The third-order valence-corrected chi connectivity index (χ3v) is 4.88. The Hall–Kier alpha value is -3.98. The number of nitrogens with one attached hydrogen (secondary N) is 2. The van der Waals surface area contributed by atoms with Crippen LogP contribution >= 0.6 is 0 Å². The van der Waals surface area contributed by atoms with Crippen molar-refractivity contribution in [1.29, 1.82) is 5.26 Å². The van der Waals surface area contributed by atoms with E-state index in [1.54, 1.807) is 24.3 Å². The number of amides is 2. The first-order valence-electron chi connectivity index (χ1n) is 9.90. The number of carbonyl (C=O) groups excluding carboxylic acids is 2. The molecule has 0 aromatic heterocycles. The maximum atomic E-state index is 13.0. The fourth-order valence-corrected chi connectivity index (χ4v) is 3.06. The second-order valence-corrected chi connectivity index (χ2v) is 7.18. The van der Waals surface area contributed by atoms with Crippen LogP contribution in [0.2, 0.25) is 0 Å². The predicted molar refractivity (Wildman–Crippen MR) is 117 cm³/mol. The number of nitrogens with zero attached hydrogens (tertiary/aromatic N) is 1. The Labute approximate surface area is 180 Å². The van der Waals surface area contributed by atoms with Crippen LogP contribution in [0.25, 0.3) is 0 Å². The van der Waals surface area contributed by atoms with Gasteiger partial charge in [0.1, 0.15) is 5.82 Å². The minimum absolute atomic E-state index is 0.0643. The van der Waals surface area contributed by atoms with Crippen LogP contribution in [-0.2, 0) is 11.2 Å².